The van der Waals surface area contributed by atoms with Crippen molar-refractivity contribution in [1.29, 1.82) is 0 Å². The second kappa shape index (κ2) is 8.43. The van der Waals surface area contributed by atoms with E-state index in [-0.39, 0.29) is 23.1 Å². The molecule has 1 aliphatic rings. The van der Waals surface area contributed by atoms with Crippen LogP contribution >= 0.6 is 11.3 Å². The Bertz CT molecular complexity index is 895. The lowest BCUT2D eigenvalue weighted by atomic mass is 9.91. The van der Waals surface area contributed by atoms with Gasteiger partial charge in [0.05, 0.1) is 0 Å². The zero-order chi connectivity index (χ0) is 20.3. The maximum absolute atomic E-state index is 12.7. The molecule has 1 aliphatic heterocycles. The SMILES string of the molecule is Cc1ccc(Cn2ccsc2=NC(=O)C2CCN(C(=O)C(C)(C)C)CC2)cc1. The molecule has 3 rings (SSSR count). The third-order valence-electron chi connectivity index (χ3n) is 5.11. The van der Waals surface area contributed by atoms with E-state index in [9.17, 15) is 9.59 Å². The van der Waals surface area contributed by atoms with Crippen LogP contribution in [0.1, 0.15) is 44.7 Å². The van der Waals surface area contributed by atoms with E-state index in [1.54, 1.807) is 0 Å². The van der Waals surface area contributed by atoms with Crippen LogP contribution in [0.4, 0.5) is 0 Å². The van der Waals surface area contributed by atoms with Crippen molar-refractivity contribution < 1.29 is 9.59 Å². The highest BCUT2D eigenvalue weighted by Gasteiger charge is 2.32. The Morgan fingerprint density at radius 1 is 1.14 bits per heavy atom. The zero-order valence-corrected chi connectivity index (χ0v) is 18.0. The predicted molar refractivity (Wildman–Crippen MR) is 112 cm³/mol. The Morgan fingerprint density at radius 2 is 1.79 bits per heavy atom. The lowest BCUT2D eigenvalue weighted by Gasteiger charge is -2.34. The van der Waals surface area contributed by atoms with Crippen molar-refractivity contribution in [1.82, 2.24) is 9.47 Å². The number of carbonyl (C=O) groups excluding carboxylic acids is 2. The quantitative estimate of drug-likeness (QED) is 0.792. The zero-order valence-electron chi connectivity index (χ0n) is 17.1. The second-order valence-corrected chi connectivity index (χ2v) is 9.44. The van der Waals surface area contributed by atoms with Crippen LogP contribution in [0.2, 0.25) is 0 Å². The minimum Gasteiger partial charge on any atom is -0.342 e. The number of rotatable bonds is 3. The topological polar surface area (TPSA) is 54.7 Å². The molecule has 2 heterocycles. The molecule has 5 nitrogen and oxygen atoms in total. The van der Waals surface area contributed by atoms with E-state index >= 15 is 0 Å². The molecule has 6 heteroatoms. The molecule has 1 fully saturated rings. The largest absolute Gasteiger partial charge is 0.342 e. The molecule has 1 aromatic carbocycles. The van der Waals surface area contributed by atoms with Gasteiger partial charge in [-0.05, 0) is 25.3 Å². The van der Waals surface area contributed by atoms with E-state index < -0.39 is 0 Å². The average Bonchev–Trinajstić information content (AvgIpc) is 3.09. The summed E-state index contributed by atoms with van der Waals surface area (Å²) in [7, 11) is 0. The lowest BCUT2D eigenvalue weighted by Crippen LogP contribution is -2.45. The van der Waals surface area contributed by atoms with Gasteiger partial charge in [-0.15, -0.1) is 11.3 Å². The summed E-state index contributed by atoms with van der Waals surface area (Å²) in [5.74, 6) is -0.00792. The molecule has 0 N–H and O–H groups in total. The Balaban J connectivity index is 1.65. The number of amides is 2. The lowest BCUT2D eigenvalue weighted by molar-refractivity contribution is -0.142. The van der Waals surface area contributed by atoms with Gasteiger partial charge in [-0.2, -0.15) is 4.99 Å². The molecular formula is C22H29N3O2S. The first-order chi connectivity index (χ1) is 13.2. The maximum atomic E-state index is 12.7. The van der Waals surface area contributed by atoms with Gasteiger partial charge in [0.15, 0.2) is 4.80 Å². The molecule has 0 spiro atoms. The number of hydrogen-bond donors (Lipinski definition) is 0. The number of likely N-dealkylation sites (tertiary alicyclic amines) is 1. The highest BCUT2D eigenvalue weighted by atomic mass is 32.1. The third-order valence-corrected chi connectivity index (χ3v) is 5.91. The fourth-order valence-corrected chi connectivity index (χ4v) is 4.12. The predicted octanol–water partition coefficient (Wildman–Crippen LogP) is 3.62. The standard InChI is InChI=1S/C22H29N3O2S/c1-16-5-7-17(8-6-16)15-25-13-14-28-21(25)23-19(26)18-9-11-24(12-10-18)20(27)22(2,3)4/h5-8,13-14,18H,9-12,15H2,1-4H3. The minimum atomic E-state index is -0.375. The fourth-order valence-electron chi connectivity index (χ4n) is 3.39. The van der Waals surface area contributed by atoms with E-state index in [4.69, 9.17) is 0 Å². The average molecular weight is 400 g/mol. The van der Waals surface area contributed by atoms with Crippen molar-refractivity contribution in [2.75, 3.05) is 13.1 Å². The number of carbonyl (C=O) groups is 2. The van der Waals surface area contributed by atoms with Gasteiger partial charge in [-0.1, -0.05) is 50.6 Å². The van der Waals surface area contributed by atoms with Gasteiger partial charge in [0.2, 0.25) is 5.91 Å². The van der Waals surface area contributed by atoms with E-state index in [1.165, 1.54) is 22.5 Å². The van der Waals surface area contributed by atoms with Crippen LogP contribution in [0.15, 0.2) is 40.8 Å². The third kappa shape index (κ3) is 4.98. The minimum absolute atomic E-state index is 0.0667. The van der Waals surface area contributed by atoms with Crippen LogP contribution in [0.5, 0.6) is 0 Å². The summed E-state index contributed by atoms with van der Waals surface area (Å²) in [4.78, 5) is 32.1. The molecule has 0 saturated carbocycles. The van der Waals surface area contributed by atoms with E-state index in [0.29, 0.717) is 32.5 Å². The smallest absolute Gasteiger partial charge is 0.251 e. The number of benzene rings is 1. The summed E-state index contributed by atoms with van der Waals surface area (Å²) in [6.07, 6.45) is 3.35. The van der Waals surface area contributed by atoms with Crippen molar-refractivity contribution >= 4 is 23.2 Å². The monoisotopic (exact) mass is 399 g/mol. The summed E-state index contributed by atoms with van der Waals surface area (Å²) in [6.45, 7) is 9.85. The Kier molecular flexibility index (Phi) is 6.18. The molecule has 28 heavy (non-hydrogen) atoms. The Hall–Kier alpha value is -2.21. The number of aryl methyl sites for hydroxylation is 1. The number of aromatic nitrogens is 1. The van der Waals surface area contributed by atoms with Crippen LogP contribution in [-0.2, 0) is 16.1 Å². The summed E-state index contributed by atoms with van der Waals surface area (Å²) in [5.41, 5.74) is 2.04. The van der Waals surface area contributed by atoms with Gasteiger partial charge in [-0.25, -0.2) is 0 Å². The number of thiazole rings is 1. The molecule has 0 unspecified atom stereocenters. The van der Waals surface area contributed by atoms with Crippen LogP contribution in [0.3, 0.4) is 0 Å². The molecule has 2 aromatic rings. The number of hydrogen-bond acceptors (Lipinski definition) is 3. The molecule has 1 aromatic heterocycles. The molecule has 0 aliphatic carbocycles. The van der Waals surface area contributed by atoms with Gasteiger partial charge in [-0.3, -0.25) is 9.59 Å². The molecular weight excluding hydrogens is 370 g/mol. The summed E-state index contributed by atoms with van der Waals surface area (Å²) in [6, 6.07) is 8.40. The van der Waals surface area contributed by atoms with E-state index in [2.05, 4.69) is 36.2 Å². The van der Waals surface area contributed by atoms with Crippen molar-refractivity contribution in [3.8, 4) is 0 Å². The highest BCUT2D eigenvalue weighted by molar-refractivity contribution is 7.07. The molecule has 0 atom stereocenters. The van der Waals surface area contributed by atoms with Gasteiger partial charge in [0.1, 0.15) is 0 Å². The van der Waals surface area contributed by atoms with Gasteiger partial charge >= 0.3 is 0 Å². The van der Waals surface area contributed by atoms with Crippen LogP contribution in [0, 0.1) is 18.3 Å². The van der Waals surface area contributed by atoms with Gasteiger partial charge < -0.3 is 9.47 Å². The summed E-state index contributed by atoms with van der Waals surface area (Å²) in [5, 5.41) is 1.96. The summed E-state index contributed by atoms with van der Waals surface area (Å²) >= 11 is 1.48. The van der Waals surface area contributed by atoms with E-state index in [1.807, 2.05) is 41.8 Å². The first-order valence-electron chi connectivity index (χ1n) is 9.81. The normalized spacial score (nSPS) is 16.4. The molecule has 0 bridgehead atoms. The first kappa shape index (κ1) is 20.5. The molecule has 150 valence electrons. The van der Waals surface area contributed by atoms with Crippen molar-refractivity contribution in [3.63, 3.8) is 0 Å². The molecule has 1 saturated heterocycles. The van der Waals surface area contributed by atoms with Crippen LogP contribution < -0.4 is 4.80 Å². The van der Waals surface area contributed by atoms with Crippen molar-refractivity contribution in [2.24, 2.45) is 16.3 Å². The number of nitrogens with zero attached hydrogens (tertiary/aromatic N) is 3. The fraction of sp³-hybridized carbons (Fsp3) is 0.500. The number of piperidine rings is 1. The van der Waals surface area contributed by atoms with Crippen molar-refractivity contribution in [2.45, 2.75) is 47.1 Å². The second-order valence-electron chi connectivity index (χ2n) is 8.57. The Morgan fingerprint density at radius 3 is 2.39 bits per heavy atom. The van der Waals surface area contributed by atoms with Gasteiger partial charge in [0.25, 0.3) is 5.91 Å². The van der Waals surface area contributed by atoms with Crippen LogP contribution in [-0.4, -0.2) is 34.4 Å². The highest BCUT2D eigenvalue weighted by Crippen LogP contribution is 2.24. The first-order valence-corrected chi connectivity index (χ1v) is 10.7. The van der Waals surface area contributed by atoms with Crippen LogP contribution in [0.25, 0.3) is 0 Å². The molecule has 0 radical (unpaired) electrons. The molecule has 2 amide bonds. The summed E-state index contributed by atoms with van der Waals surface area (Å²) < 4.78 is 2.02. The van der Waals surface area contributed by atoms with Crippen molar-refractivity contribution in [3.05, 3.63) is 51.8 Å². The van der Waals surface area contributed by atoms with Gasteiger partial charge in [0, 0.05) is 42.5 Å². The Labute approximate surface area is 170 Å². The van der Waals surface area contributed by atoms with E-state index in [0.717, 1.165) is 4.80 Å². The maximum Gasteiger partial charge on any atom is 0.251 e.